The first-order valence-corrected chi connectivity index (χ1v) is 19.1. The van der Waals surface area contributed by atoms with Gasteiger partial charge >= 0.3 is 0 Å². The average Bonchev–Trinajstić information content (AvgIpc) is 3.06. The quantitative estimate of drug-likeness (QED) is 0.190. The van der Waals surface area contributed by atoms with Gasteiger partial charge in [-0.1, -0.05) is 93.5 Å². The molecule has 256 valence electrons. The predicted octanol–water partition coefficient (Wildman–Crippen LogP) is 11.9. The second-order valence-electron chi connectivity index (χ2n) is 18.3. The zero-order valence-electron chi connectivity index (χ0n) is 32.2. The third-order valence-corrected chi connectivity index (χ3v) is 13.4. The van der Waals surface area contributed by atoms with E-state index in [0.29, 0.717) is 5.92 Å². The van der Waals surface area contributed by atoms with Crippen LogP contribution >= 0.6 is 0 Å². The third-order valence-electron chi connectivity index (χ3n) is 13.4. The first-order chi connectivity index (χ1) is 23.1. The Labute approximate surface area is 297 Å². The average molecular weight is 652 g/mol. The molecule has 2 heterocycles. The Hall–Kier alpha value is -3.52. The van der Waals surface area contributed by atoms with Crippen LogP contribution in [-0.2, 0) is 27.1 Å². The van der Waals surface area contributed by atoms with Crippen molar-refractivity contribution in [3.63, 3.8) is 0 Å². The molecule has 0 spiro atoms. The van der Waals surface area contributed by atoms with Crippen LogP contribution in [0, 0.1) is 12.8 Å². The number of rotatable bonds is 6. The van der Waals surface area contributed by atoms with Crippen LogP contribution in [0.1, 0.15) is 141 Å². The number of nitrogens with zero attached hydrogens (tertiary/aromatic N) is 2. The summed E-state index contributed by atoms with van der Waals surface area (Å²) in [7, 11) is 0. The summed E-state index contributed by atoms with van der Waals surface area (Å²) in [5, 5.41) is 0. The molecule has 2 heteroatoms. The van der Waals surface area contributed by atoms with Crippen molar-refractivity contribution in [2.24, 2.45) is 5.92 Å². The van der Waals surface area contributed by atoms with Crippen molar-refractivity contribution in [1.82, 2.24) is 4.98 Å². The maximum absolute atomic E-state index is 5.39. The second-order valence-corrected chi connectivity index (χ2v) is 18.3. The molecule has 0 saturated carbocycles. The van der Waals surface area contributed by atoms with E-state index in [1.54, 1.807) is 5.56 Å². The zero-order chi connectivity index (χ0) is 35.1. The summed E-state index contributed by atoms with van der Waals surface area (Å²) in [5.74, 6) is 0.386. The SMILES string of the molecule is CCC1C([n+]2ccccc2-c2ccccc2C)=CC1(CC)c1cc2c(cc1-c1cc3c(cn1)C(C)(C)CCC3(C)C)C(C)(C)CCC2(C)C. The van der Waals surface area contributed by atoms with Crippen molar-refractivity contribution in [3.8, 4) is 22.5 Å². The lowest BCUT2D eigenvalue weighted by atomic mass is 9.55. The van der Waals surface area contributed by atoms with Gasteiger partial charge in [-0.3, -0.25) is 4.98 Å². The molecule has 2 atom stereocenters. The summed E-state index contributed by atoms with van der Waals surface area (Å²) in [6.45, 7) is 26.6. The van der Waals surface area contributed by atoms with E-state index in [9.17, 15) is 0 Å². The maximum atomic E-state index is 5.39. The molecule has 0 bridgehead atoms. The smallest absolute Gasteiger partial charge is 0.218 e. The number of aryl methyl sites for hydroxylation is 1. The lowest BCUT2D eigenvalue weighted by Crippen LogP contribution is -2.52. The summed E-state index contributed by atoms with van der Waals surface area (Å²) in [4.78, 5) is 5.39. The molecule has 0 saturated heterocycles. The monoisotopic (exact) mass is 651 g/mol. The van der Waals surface area contributed by atoms with Gasteiger partial charge in [0.25, 0.3) is 0 Å². The number of pyridine rings is 2. The van der Waals surface area contributed by atoms with Crippen molar-refractivity contribution in [1.29, 1.82) is 0 Å². The number of hydrogen-bond donors (Lipinski definition) is 0. The fourth-order valence-electron chi connectivity index (χ4n) is 9.80. The number of fused-ring (bicyclic) bond motifs is 2. The molecule has 3 aliphatic carbocycles. The fourth-order valence-corrected chi connectivity index (χ4v) is 9.80. The van der Waals surface area contributed by atoms with Crippen molar-refractivity contribution in [2.45, 2.75) is 142 Å². The van der Waals surface area contributed by atoms with Crippen molar-refractivity contribution in [3.05, 3.63) is 113 Å². The first-order valence-electron chi connectivity index (χ1n) is 19.1. The molecule has 2 aromatic carbocycles. The Morgan fingerprint density at radius 3 is 1.84 bits per heavy atom. The van der Waals surface area contributed by atoms with Crippen LogP contribution in [0.2, 0.25) is 0 Å². The third kappa shape index (κ3) is 5.26. The van der Waals surface area contributed by atoms with Gasteiger partial charge in [-0.2, -0.15) is 4.57 Å². The van der Waals surface area contributed by atoms with E-state index in [2.05, 4.69) is 160 Å². The van der Waals surface area contributed by atoms with Gasteiger partial charge in [-0.05, 0) is 131 Å². The van der Waals surface area contributed by atoms with Gasteiger partial charge in [0, 0.05) is 34.9 Å². The lowest BCUT2D eigenvalue weighted by molar-refractivity contribution is -0.579. The molecule has 7 rings (SSSR count). The van der Waals surface area contributed by atoms with Crippen LogP contribution in [0.5, 0.6) is 0 Å². The molecule has 0 radical (unpaired) electrons. The summed E-state index contributed by atoms with van der Waals surface area (Å²) in [6.07, 6.45) is 14.1. The standard InChI is InChI=1S/C47H59N2/c1-12-34-42(49-25-17-16-20-41(49)32-19-15-14-18-31(32)3)29-47(34,13-2)35-27-37-36(43(4,5)21-22-44(37,6)7)26-33(35)40-28-38-39(30-48-40)46(10,11)24-23-45(38,8)9/h14-20,25-30,34H,12-13,21-24H2,1-11H3/q+1. The highest BCUT2D eigenvalue weighted by molar-refractivity contribution is 5.75. The van der Waals surface area contributed by atoms with Gasteiger partial charge in [0.05, 0.1) is 11.6 Å². The molecule has 3 aliphatic rings. The first kappa shape index (κ1) is 34.0. The highest BCUT2D eigenvalue weighted by atomic mass is 15.0. The number of benzene rings is 2. The van der Waals surface area contributed by atoms with Crippen LogP contribution in [0.25, 0.3) is 28.2 Å². The van der Waals surface area contributed by atoms with E-state index in [1.165, 1.54) is 76.0 Å². The molecular formula is C47H59N2+. The molecule has 0 fully saturated rings. The van der Waals surface area contributed by atoms with Crippen LogP contribution < -0.4 is 4.57 Å². The van der Waals surface area contributed by atoms with Crippen molar-refractivity contribution in [2.75, 3.05) is 0 Å². The second kappa shape index (κ2) is 11.5. The van der Waals surface area contributed by atoms with Gasteiger partial charge in [0.2, 0.25) is 5.69 Å². The maximum Gasteiger partial charge on any atom is 0.218 e. The van der Waals surface area contributed by atoms with E-state index in [1.807, 2.05) is 0 Å². The van der Waals surface area contributed by atoms with Crippen LogP contribution in [-0.4, -0.2) is 4.98 Å². The van der Waals surface area contributed by atoms with Gasteiger partial charge in [0.15, 0.2) is 11.9 Å². The topological polar surface area (TPSA) is 16.8 Å². The van der Waals surface area contributed by atoms with E-state index in [0.717, 1.165) is 18.5 Å². The van der Waals surface area contributed by atoms with E-state index in [-0.39, 0.29) is 27.1 Å². The van der Waals surface area contributed by atoms with Gasteiger partial charge in [-0.25, -0.2) is 0 Å². The van der Waals surface area contributed by atoms with Gasteiger partial charge in [-0.15, -0.1) is 0 Å². The van der Waals surface area contributed by atoms with Gasteiger partial charge < -0.3 is 0 Å². The number of hydrogen-bond acceptors (Lipinski definition) is 1. The molecule has 2 nitrogen and oxygen atoms in total. The van der Waals surface area contributed by atoms with Crippen molar-refractivity contribution < 1.29 is 4.57 Å². The molecular weight excluding hydrogens is 593 g/mol. The van der Waals surface area contributed by atoms with Crippen LogP contribution in [0.3, 0.4) is 0 Å². The highest BCUT2D eigenvalue weighted by Gasteiger charge is 2.53. The summed E-state index contributed by atoms with van der Waals surface area (Å²) in [5.41, 5.74) is 15.7. The fraction of sp³-hybridized carbons (Fsp3) is 0.489. The van der Waals surface area contributed by atoms with E-state index >= 15 is 0 Å². The Bertz CT molecular complexity index is 1970. The Balaban J connectivity index is 1.49. The summed E-state index contributed by atoms with van der Waals surface area (Å²) in [6, 6.07) is 23.2. The van der Waals surface area contributed by atoms with Crippen molar-refractivity contribution >= 4 is 5.70 Å². The van der Waals surface area contributed by atoms with E-state index in [4.69, 9.17) is 4.98 Å². The minimum Gasteiger partial charge on any atom is -0.256 e. The Morgan fingerprint density at radius 1 is 0.653 bits per heavy atom. The molecule has 4 aromatic rings. The summed E-state index contributed by atoms with van der Waals surface area (Å²) < 4.78 is 2.48. The predicted molar refractivity (Wildman–Crippen MR) is 207 cm³/mol. The molecule has 0 amide bonds. The molecule has 2 aromatic heterocycles. The highest BCUT2D eigenvalue weighted by Crippen LogP contribution is 2.57. The zero-order valence-corrected chi connectivity index (χ0v) is 32.2. The van der Waals surface area contributed by atoms with Crippen LogP contribution in [0.4, 0.5) is 0 Å². The largest absolute Gasteiger partial charge is 0.256 e. The number of allylic oxidation sites excluding steroid dienone is 2. The Morgan fingerprint density at radius 2 is 1.22 bits per heavy atom. The molecule has 0 aliphatic heterocycles. The minimum atomic E-state index is -0.0790. The summed E-state index contributed by atoms with van der Waals surface area (Å²) >= 11 is 0. The molecule has 2 unspecified atom stereocenters. The normalized spacial score (nSPS) is 24.3. The minimum absolute atomic E-state index is 0.0790. The lowest BCUT2D eigenvalue weighted by Gasteiger charge is -2.48. The van der Waals surface area contributed by atoms with Crippen LogP contribution in [0.15, 0.2) is 79.1 Å². The Kier molecular flexibility index (Phi) is 7.97. The number of aromatic nitrogens is 2. The van der Waals surface area contributed by atoms with Gasteiger partial charge in [0.1, 0.15) is 0 Å². The van der Waals surface area contributed by atoms with E-state index < -0.39 is 0 Å². The molecule has 0 N–H and O–H groups in total. The molecule has 49 heavy (non-hydrogen) atoms.